The predicted molar refractivity (Wildman–Crippen MR) is 125 cm³/mol. The molecule has 0 radical (unpaired) electrons. The highest BCUT2D eigenvalue weighted by atomic mass is 127. The third-order valence-corrected chi connectivity index (χ3v) is 4.02. The van der Waals surface area contributed by atoms with Gasteiger partial charge in [-0.1, -0.05) is 17.7 Å². The number of hydrogen-bond acceptors (Lipinski definition) is 4. The van der Waals surface area contributed by atoms with E-state index in [4.69, 9.17) is 21.1 Å². The van der Waals surface area contributed by atoms with Gasteiger partial charge in [0, 0.05) is 31.4 Å². The van der Waals surface area contributed by atoms with Crippen LogP contribution < -0.4 is 20.1 Å². The van der Waals surface area contributed by atoms with Crippen molar-refractivity contribution in [3.8, 4) is 11.5 Å². The van der Waals surface area contributed by atoms with Gasteiger partial charge in [0.15, 0.2) is 17.5 Å². The van der Waals surface area contributed by atoms with E-state index in [1.807, 2.05) is 44.2 Å². The van der Waals surface area contributed by atoms with Gasteiger partial charge in [0.05, 0.1) is 25.3 Å². The van der Waals surface area contributed by atoms with Gasteiger partial charge in [0.2, 0.25) is 0 Å². The second-order valence-corrected chi connectivity index (χ2v) is 6.14. The van der Waals surface area contributed by atoms with Crippen LogP contribution in [-0.4, -0.2) is 37.7 Å². The van der Waals surface area contributed by atoms with Crippen LogP contribution in [0.5, 0.6) is 11.5 Å². The van der Waals surface area contributed by atoms with Crippen LogP contribution >= 0.6 is 35.6 Å². The van der Waals surface area contributed by atoms with Crippen molar-refractivity contribution in [3.63, 3.8) is 0 Å². The summed E-state index contributed by atoms with van der Waals surface area (Å²) in [7, 11) is 1.60. The molecule has 0 aliphatic rings. The van der Waals surface area contributed by atoms with E-state index in [9.17, 15) is 0 Å². The fraction of sp³-hybridized carbons (Fsp3) is 0.400. The molecule has 0 fully saturated rings. The third-order valence-electron chi connectivity index (χ3n) is 3.74. The molecule has 0 saturated carbocycles. The number of aromatic nitrogens is 1. The normalized spacial score (nSPS) is 10.8. The highest BCUT2D eigenvalue weighted by molar-refractivity contribution is 14.0. The van der Waals surface area contributed by atoms with Gasteiger partial charge in [-0.2, -0.15) is 0 Å². The van der Waals surface area contributed by atoms with Gasteiger partial charge in [0.1, 0.15) is 0 Å². The van der Waals surface area contributed by atoms with Crippen molar-refractivity contribution in [2.45, 2.75) is 26.8 Å². The lowest BCUT2D eigenvalue weighted by Crippen LogP contribution is -2.38. The summed E-state index contributed by atoms with van der Waals surface area (Å²) < 4.78 is 10.9. The quantitative estimate of drug-likeness (QED) is 0.298. The highest BCUT2D eigenvalue weighted by Crippen LogP contribution is 2.36. The van der Waals surface area contributed by atoms with E-state index in [2.05, 4.69) is 20.6 Å². The molecular formula is C20H28ClIN4O2. The van der Waals surface area contributed by atoms with E-state index in [1.165, 1.54) is 0 Å². The first kappa shape index (κ1) is 24.3. The minimum Gasteiger partial charge on any atom is -0.493 e. The molecule has 2 aromatic rings. The van der Waals surface area contributed by atoms with E-state index in [1.54, 1.807) is 13.3 Å². The number of nitrogens with one attached hydrogen (secondary N) is 2. The summed E-state index contributed by atoms with van der Waals surface area (Å²) in [5, 5.41) is 7.09. The second-order valence-electron chi connectivity index (χ2n) is 5.74. The molecule has 1 heterocycles. The second kappa shape index (κ2) is 13.4. The first-order valence-electron chi connectivity index (χ1n) is 9.09. The lowest BCUT2D eigenvalue weighted by atomic mass is 10.2. The SMILES string of the molecule is CCNC(=NCc1cc(Cl)c(OCC)c(OC)c1)NCCc1ccccn1.I. The van der Waals surface area contributed by atoms with Crippen LogP contribution in [0.15, 0.2) is 41.5 Å². The zero-order chi connectivity index (χ0) is 19.5. The molecule has 0 aliphatic heterocycles. The van der Waals surface area contributed by atoms with Crippen LogP contribution in [-0.2, 0) is 13.0 Å². The number of guanidine groups is 1. The Labute approximate surface area is 189 Å². The van der Waals surface area contributed by atoms with E-state index in [-0.39, 0.29) is 24.0 Å². The Morgan fingerprint density at radius 1 is 1.21 bits per heavy atom. The molecule has 154 valence electrons. The molecule has 0 bridgehead atoms. The first-order chi connectivity index (χ1) is 13.2. The Morgan fingerprint density at radius 2 is 2.04 bits per heavy atom. The molecule has 8 heteroatoms. The zero-order valence-corrected chi connectivity index (χ0v) is 19.6. The molecule has 2 N–H and O–H groups in total. The Balaban J connectivity index is 0.00000392. The zero-order valence-electron chi connectivity index (χ0n) is 16.5. The number of halogens is 2. The van der Waals surface area contributed by atoms with E-state index in [0.29, 0.717) is 29.7 Å². The molecule has 0 saturated heterocycles. The third kappa shape index (κ3) is 7.71. The standard InChI is InChI=1S/C20H27ClN4O2.HI/c1-4-22-20(24-11-9-16-8-6-7-10-23-16)25-14-15-12-17(21)19(27-5-2)18(13-15)26-3;/h6-8,10,12-13H,4-5,9,11,14H2,1-3H3,(H2,22,24,25);1H. The fourth-order valence-corrected chi connectivity index (χ4v) is 2.80. The van der Waals surface area contributed by atoms with Crippen LogP contribution in [0, 0.1) is 0 Å². The van der Waals surface area contributed by atoms with Crippen molar-refractivity contribution in [2.75, 3.05) is 26.8 Å². The van der Waals surface area contributed by atoms with E-state index >= 15 is 0 Å². The smallest absolute Gasteiger partial charge is 0.191 e. The number of rotatable bonds is 9. The van der Waals surface area contributed by atoms with Gasteiger partial charge in [-0.3, -0.25) is 4.98 Å². The molecule has 1 aromatic carbocycles. The van der Waals surface area contributed by atoms with E-state index < -0.39 is 0 Å². The van der Waals surface area contributed by atoms with Crippen LogP contribution in [0.25, 0.3) is 0 Å². The van der Waals surface area contributed by atoms with Crippen molar-refractivity contribution < 1.29 is 9.47 Å². The molecule has 0 atom stereocenters. The largest absolute Gasteiger partial charge is 0.493 e. The molecule has 0 unspecified atom stereocenters. The highest BCUT2D eigenvalue weighted by Gasteiger charge is 2.11. The Morgan fingerprint density at radius 3 is 2.68 bits per heavy atom. The monoisotopic (exact) mass is 518 g/mol. The number of aliphatic imine (C=N–C) groups is 1. The van der Waals surface area contributed by atoms with Crippen LogP contribution in [0.2, 0.25) is 5.02 Å². The average Bonchev–Trinajstić information content (AvgIpc) is 2.68. The van der Waals surface area contributed by atoms with Crippen molar-refractivity contribution >= 4 is 41.5 Å². The van der Waals surface area contributed by atoms with Crippen LogP contribution in [0.4, 0.5) is 0 Å². The lowest BCUT2D eigenvalue weighted by molar-refractivity contribution is 0.311. The summed E-state index contributed by atoms with van der Waals surface area (Å²) in [6.45, 7) is 6.47. The lowest BCUT2D eigenvalue weighted by Gasteiger charge is -2.14. The number of ether oxygens (including phenoxy) is 2. The number of nitrogens with zero attached hydrogens (tertiary/aromatic N) is 2. The molecule has 2 rings (SSSR count). The molecule has 0 spiro atoms. The maximum Gasteiger partial charge on any atom is 0.191 e. The summed E-state index contributed by atoms with van der Waals surface area (Å²) in [6, 6.07) is 9.68. The van der Waals surface area contributed by atoms with Crippen molar-refractivity contribution in [1.82, 2.24) is 15.6 Å². The fourth-order valence-electron chi connectivity index (χ4n) is 2.52. The summed E-state index contributed by atoms with van der Waals surface area (Å²) in [6.07, 6.45) is 2.63. The van der Waals surface area contributed by atoms with Gasteiger partial charge in [-0.15, -0.1) is 24.0 Å². The van der Waals surface area contributed by atoms with Crippen molar-refractivity contribution in [3.05, 3.63) is 52.8 Å². The first-order valence-corrected chi connectivity index (χ1v) is 9.47. The van der Waals surface area contributed by atoms with Crippen LogP contribution in [0.3, 0.4) is 0 Å². The number of methoxy groups -OCH3 is 1. The maximum atomic E-state index is 6.33. The summed E-state index contributed by atoms with van der Waals surface area (Å²) in [5.74, 6) is 1.93. The number of hydrogen-bond donors (Lipinski definition) is 2. The van der Waals surface area contributed by atoms with E-state index in [0.717, 1.165) is 36.7 Å². The molecular weight excluding hydrogens is 491 g/mol. The maximum absolute atomic E-state index is 6.33. The van der Waals surface area contributed by atoms with Crippen molar-refractivity contribution in [2.24, 2.45) is 4.99 Å². The number of pyridine rings is 1. The summed E-state index contributed by atoms with van der Waals surface area (Å²) in [5.41, 5.74) is 1.99. The topological polar surface area (TPSA) is 67.8 Å². The molecule has 0 amide bonds. The average molecular weight is 519 g/mol. The minimum absolute atomic E-state index is 0. The predicted octanol–water partition coefficient (Wildman–Crippen LogP) is 4.06. The van der Waals surface area contributed by atoms with Gasteiger partial charge < -0.3 is 20.1 Å². The molecule has 1 aromatic heterocycles. The van der Waals surface area contributed by atoms with Gasteiger partial charge in [0.25, 0.3) is 0 Å². The Kier molecular flexibility index (Phi) is 11.7. The Hall–Kier alpha value is -1.74. The van der Waals surface area contributed by atoms with Gasteiger partial charge in [-0.05, 0) is 43.7 Å². The van der Waals surface area contributed by atoms with Crippen molar-refractivity contribution in [1.29, 1.82) is 0 Å². The van der Waals surface area contributed by atoms with Crippen LogP contribution in [0.1, 0.15) is 25.1 Å². The molecule has 28 heavy (non-hydrogen) atoms. The van der Waals surface area contributed by atoms with Gasteiger partial charge >= 0.3 is 0 Å². The summed E-state index contributed by atoms with van der Waals surface area (Å²) in [4.78, 5) is 8.95. The molecule has 6 nitrogen and oxygen atoms in total. The Bertz CT molecular complexity index is 744. The van der Waals surface area contributed by atoms with Gasteiger partial charge in [-0.25, -0.2) is 4.99 Å². The molecule has 0 aliphatic carbocycles. The number of benzene rings is 1. The minimum atomic E-state index is 0. The summed E-state index contributed by atoms with van der Waals surface area (Å²) >= 11 is 6.33.